The number of nitrogens with zero attached hydrogens (tertiary/aromatic N) is 3. The molecule has 0 aliphatic carbocycles. The van der Waals surface area contributed by atoms with Gasteiger partial charge in [-0.05, 0) is 51.3 Å². The van der Waals surface area contributed by atoms with E-state index in [1.165, 1.54) is 16.2 Å². The molecule has 2 rings (SSSR count). The molecule has 0 amide bonds. The summed E-state index contributed by atoms with van der Waals surface area (Å²) in [5.41, 5.74) is 14.3. The molecule has 0 aromatic heterocycles. The van der Waals surface area contributed by atoms with Crippen LogP contribution in [0.25, 0.3) is 0 Å². The van der Waals surface area contributed by atoms with Gasteiger partial charge in [-0.15, -0.1) is 0 Å². The number of guanidine groups is 2. The fraction of sp³-hybridized carbons (Fsp3) is 0.529. The lowest BCUT2D eigenvalue weighted by Crippen LogP contribution is -2.53. The van der Waals surface area contributed by atoms with E-state index in [-0.39, 0.29) is 11.9 Å². The molecule has 0 spiro atoms. The molecule has 0 saturated carbocycles. The number of hydrogen-bond donors (Lipinski definition) is 2. The lowest BCUT2D eigenvalue weighted by atomic mass is 10.1. The normalized spacial score (nSPS) is 16.6. The fourth-order valence-corrected chi connectivity index (χ4v) is 2.55. The van der Waals surface area contributed by atoms with Crippen LogP contribution in [0.3, 0.4) is 0 Å². The summed E-state index contributed by atoms with van der Waals surface area (Å²) in [7, 11) is 0. The standard InChI is InChI=1S/C17H27N5O2/c1-11-7-8-12(2)14(13(11)3)23-9-6-10-24-22-16(19)20-15(18)21-17(22,4)5/h7-8H,6,9-10H2,1-5H3,(H4,18,19,20,21). The molecule has 132 valence electrons. The molecule has 0 bridgehead atoms. The van der Waals surface area contributed by atoms with Gasteiger partial charge in [0.25, 0.3) is 0 Å². The summed E-state index contributed by atoms with van der Waals surface area (Å²) < 4.78 is 5.93. The summed E-state index contributed by atoms with van der Waals surface area (Å²) in [6, 6.07) is 4.18. The van der Waals surface area contributed by atoms with Gasteiger partial charge in [-0.25, -0.2) is 4.99 Å². The lowest BCUT2D eigenvalue weighted by Gasteiger charge is -2.36. The zero-order chi connectivity index (χ0) is 17.9. The first-order chi connectivity index (χ1) is 11.2. The number of nitrogens with two attached hydrogens (primary N) is 2. The Labute approximate surface area is 143 Å². The smallest absolute Gasteiger partial charge is 0.226 e. The summed E-state index contributed by atoms with van der Waals surface area (Å²) in [4.78, 5) is 13.9. The quantitative estimate of drug-likeness (QED) is 0.776. The molecule has 1 aromatic carbocycles. The molecule has 0 saturated heterocycles. The van der Waals surface area contributed by atoms with Crippen LogP contribution in [-0.4, -0.2) is 35.9 Å². The Morgan fingerprint density at radius 1 is 1.08 bits per heavy atom. The minimum absolute atomic E-state index is 0.158. The van der Waals surface area contributed by atoms with E-state index in [4.69, 9.17) is 21.0 Å². The summed E-state index contributed by atoms with van der Waals surface area (Å²) in [5, 5.41) is 1.48. The van der Waals surface area contributed by atoms with E-state index in [0.29, 0.717) is 19.6 Å². The molecule has 0 atom stereocenters. The van der Waals surface area contributed by atoms with Crippen LogP contribution in [0.2, 0.25) is 0 Å². The number of rotatable bonds is 6. The topological polar surface area (TPSA) is 98.5 Å². The highest BCUT2D eigenvalue weighted by Crippen LogP contribution is 2.26. The van der Waals surface area contributed by atoms with Gasteiger partial charge in [0.1, 0.15) is 5.75 Å². The van der Waals surface area contributed by atoms with E-state index in [1.807, 2.05) is 20.8 Å². The van der Waals surface area contributed by atoms with Crippen LogP contribution in [0, 0.1) is 20.8 Å². The third kappa shape index (κ3) is 3.97. The van der Waals surface area contributed by atoms with Crippen molar-refractivity contribution in [2.24, 2.45) is 21.5 Å². The van der Waals surface area contributed by atoms with E-state index in [1.54, 1.807) is 0 Å². The molecule has 1 aliphatic rings. The van der Waals surface area contributed by atoms with Crippen molar-refractivity contribution < 1.29 is 9.57 Å². The van der Waals surface area contributed by atoms with Crippen molar-refractivity contribution >= 4 is 11.9 Å². The van der Waals surface area contributed by atoms with E-state index < -0.39 is 5.66 Å². The fourth-order valence-electron chi connectivity index (χ4n) is 2.55. The van der Waals surface area contributed by atoms with Crippen LogP contribution in [0.4, 0.5) is 0 Å². The maximum absolute atomic E-state index is 5.93. The molecule has 1 heterocycles. The van der Waals surface area contributed by atoms with Crippen LogP contribution in [0.15, 0.2) is 22.1 Å². The van der Waals surface area contributed by atoms with E-state index in [0.717, 1.165) is 11.3 Å². The number of ether oxygens (including phenoxy) is 1. The van der Waals surface area contributed by atoms with Gasteiger partial charge in [0.05, 0.1) is 13.2 Å². The Morgan fingerprint density at radius 2 is 1.75 bits per heavy atom. The van der Waals surface area contributed by atoms with Gasteiger partial charge in [-0.1, -0.05) is 12.1 Å². The monoisotopic (exact) mass is 333 g/mol. The number of benzene rings is 1. The van der Waals surface area contributed by atoms with Gasteiger partial charge in [0, 0.05) is 6.42 Å². The molecule has 0 radical (unpaired) electrons. The zero-order valence-corrected chi connectivity index (χ0v) is 15.1. The number of hydrogen-bond acceptors (Lipinski definition) is 7. The Bertz CT molecular complexity index is 667. The SMILES string of the molecule is Cc1ccc(C)c(OCCCON2C(N)=NC(N)=NC2(C)C)c1C. The second-order valence-corrected chi connectivity index (χ2v) is 6.42. The minimum Gasteiger partial charge on any atom is -0.493 e. The van der Waals surface area contributed by atoms with E-state index >= 15 is 0 Å². The summed E-state index contributed by atoms with van der Waals surface area (Å²) >= 11 is 0. The summed E-state index contributed by atoms with van der Waals surface area (Å²) in [6.07, 6.45) is 0.714. The first kappa shape index (κ1) is 18.1. The Morgan fingerprint density at radius 3 is 2.42 bits per heavy atom. The molecule has 7 heteroatoms. The van der Waals surface area contributed by atoms with Gasteiger partial charge in [0.2, 0.25) is 11.9 Å². The van der Waals surface area contributed by atoms with Crippen LogP contribution < -0.4 is 16.2 Å². The third-order valence-electron chi connectivity index (χ3n) is 3.95. The summed E-state index contributed by atoms with van der Waals surface area (Å²) in [6.45, 7) is 10.9. The van der Waals surface area contributed by atoms with Crippen molar-refractivity contribution in [1.29, 1.82) is 0 Å². The minimum atomic E-state index is -0.680. The Hall–Kier alpha value is -2.28. The third-order valence-corrected chi connectivity index (χ3v) is 3.95. The van der Waals surface area contributed by atoms with Gasteiger partial charge >= 0.3 is 0 Å². The van der Waals surface area contributed by atoms with Crippen LogP contribution in [-0.2, 0) is 4.84 Å². The Balaban J connectivity index is 1.84. The van der Waals surface area contributed by atoms with Crippen LogP contribution in [0.5, 0.6) is 5.75 Å². The molecule has 4 N–H and O–H groups in total. The number of aryl methyl sites for hydroxylation is 2. The largest absolute Gasteiger partial charge is 0.493 e. The zero-order valence-electron chi connectivity index (χ0n) is 15.1. The molecule has 24 heavy (non-hydrogen) atoms. The van der Waals surface area contributed by atoms with Crippen molar-refractivity contribution in [2.75, 3.05) is 13.2 Å². The van der Waals surface area contributed by atoms with Crippen molar-refractivity contribution in [3.8, 4) is 5.75 Å². The highest BCUT2D eigenvalue weighted by molar-refractivity contribution is 5.95. The van der Waals surface area contributed by atoms with Crippen LogP contribution in [0.1, 0.15) is 37.0 Å². The van der Waals surface area contributed by atoms with Crippen molar-refractivity contribution in [3.63, 3.8) is 0 Å². The molecule has 0 unspecified atom stereocenters. The maximum atomic E-state index is 5.93. The average molecular weight is 333 g/mol. The number of aliphatic imine (C=N–C) groups is 2. The molecule has 7 nitrogen and oxygen atoms in total. The second kappa shape index (κ2) is 7.09. The van der Waals surface area contributed by atoms with Gasteiger partial charge in [-0.3, -0.25) is 4.84 Å². The van der Waals surface area contributed by atoms with Gasteiger partial charge in [0.15, 0.2) is 5.66 Å². The molecular weight excluding hydrogens is 306 g/mol. The first-order valence-corrected chi connectivity index (χ1v) is 8.04. The molecule has 0 fully saturated rings. The highest BCUT2D eigenvalue weighted by atomic mass is 16.7. The van der Waals surface area contributed by atoms with E-state index in [2.05, 4.69) is 36.0 Å². The molecular formula is C17H27N5O2. The van der Waals surface area contributed by atoms with Gasteiger partial charge < -0.3 is 16.2 Å². The highest BCUT2D eigenvalue weighted by Gasteiger charge is 2.32. The predicted octanol–water partition coefficient (Wildman–Crippen LogP) is 1.99. The van der Waals surface area contributed by atoms with E-state index in [9.17, 15) is 0 Å². The molecule has 1 aromatic rings. The molecule has 1 aliphatic heterocycles. The first-order valence-electron chi connectivity index (χ1n) is 8.04. The Kier molecular flexibility index (Phi) is 5.33. The average Bonchev–Trinajstić information content (AvgIpc) is 2.47. The van der Waals surface area contributed by atoms with Crippen molar-refractivity contribution in [2.45, 2.75) is 46.7 Å². The van der Waals surface area contributed by atoms with Crippen molar-refractivity contribution in [3.05, 3.63) is 28.8 Å². The maximum Gasteiger partial charge on any atom is 0.226 e. The van der Waals surface area contributed by atoms with Gasteiger partial charge in [-0.2, -0.15) is 10.1 Å². The second-order valence-electron chi connectivity index (χ2n) is 6.42. The summed E-state index contributed by atoms with van der Waals surface area (Å²) in [5.74, 6) is 1.32. The number of hydroxylamine groups is 2. The predicted molar refractivity (Wildman–Crippen MR) is 95.9 cm³/mol. The van der Waals surface area contributed by atoms with Crippen LogP contribution >= 0.6 is 0 Å². The lowest BCUT2D eigenvalue weighted by molar-refractivity contribution is -0.158. The van der Waals surface area contributed by atoms with Crippen molar-refractivity contribution in [1.82, 2.24) is 5.06 Å².